The number of amides is 4. The number of phenols is 2. The van der Waals surface area contributed by atoms with Gasteiger partial charge in [-0.1, -0.05) is 12.1 Å². The van der Waals surface area contributed by atoms with E-state index in [0.29, 0.717) is 0 Å². The van der Waals surface area contributed by atoms with E-state index in [1.165, 1.54) is 38.1 Å². The summed E-state index contributed by atoms with van der Waals surface area (Å²) in [5, 5.41) is 30.8. The Hall–Kier alpha value is -4.71. The van der Waals surface area contributed by atoms with E-state index in [2.05, 4.69) is 26.3 Å². The maximum absolute atomic E-state index is 12.8. The second kappa shape index (κ2) is 10.5. The van der Waals surface area contributed by atoms with Crippen LogP contribution in [0, 0.1) is 0 Å². The van der Waals surface area contributed by atoms with Crippen LogP contribution in [0.4, 0.5) is 22.7 Å². The number of para-hydroxylation sites is 2. The molecule has 35 heavy (non-hydrogen) atoms. The van der Waals surface area contributed by atoms with Crippen LogP contribution in [0.15, 0.2) is 48.8 Å². The van der Waals surface area contributed by atoms with Gasteiger partial charge in [0.1, 0.15) is 0 Å². The first-order valence-electron chi connectivity index (χ1n) is 10.5. The number of quaternary nitrogens is 1. The van der Waals surface area contributed by atoms with E-state index in [0.717, 1.165) is 0 Å². The third-order valence-corrected chi connectivity index (χ3v) is 4.92. The molecule has 0 radical (unpaired) electrons. The summed E-state index contributed by atoms with van der Waals surface area (Å²) in [5.41, 5.74) is 0.489. The highest BCUT2D eigenvalue weighted by atomic mass is 16.3. The Morgan fingerprint density at radius 1 is 0.743 bits per heavy atom. The number of hydrogen-bond donors (Lipinski definition) is 7. The fraction of sp³-hybridized carbons (Fsp3) is 0.174. The monoisotopic (exact) mass is 482 g/mol. The lowest BCUT2D eigenvalue weighted by atomic mass is 10.2. The zero-order valence-electron chi connectivity index (χ0n) is 19.1. The quantitative estimate of drug-likeness (QED) is 0.206. The van der Waals surface area contributed by atoms with Gasteiger partial charge < -0.3 is 31.5 Å². The summed E-state index contributed by atoms with van der Waals surface area (Å²) >= 11 is 0. The molecule has 12 nitrogen and oxygen atoms in total. The van der Waals surface area contributed by atoms with Crippen LogP contribution in [-0.2, 0) is 19.2 Å². The number of nitrogens with one attached hydrogen (secondary N) is 5. The Morgan fingerprint density at radius 3 is 1.49 bits per heavy atom. The minimum absolute atomic E-state index is 0.0969. The number of carbonyl (C=O) groups excluding carboxylic acids is 4. The first-order valence-corrected chi connectivity index (χ1v) is 10.5. The smallest absolute Gasteiger partial charge is 0.336 e. The normalized spacial score (nSPS) is 13.2. The van der Waals surface area contributed by atoms with Crippen LogP contribution >= 0.6 is 0 Å². The molecule has 0 fully saturated rings. The van der Waals surface area contributed by atoms with Crippen molar-refractivity contribution >= 4 is 52.7 Å². The van der Waals surface area contributed by atoms with Gasteiger partial charge in [0.15, 0.2) is 30.8 Å². The van der Waals surface area contributed by atoms with Crippen LogP contribution in [-0.4, -0.2) is 57.8 Å². The van der Waals surface area contributed by atoms with E-state index >= 15 is 0 Å². The fourth-order valence-corrected chi connectivity index (χ4v) is 3.46. The predicted octanol–water partition coefficient (Wildman–Crippen LogP) is 0.00230. The molecule has 4 amide bonds. The molecule has 0 unspecified atom stereocenters. The van der Waals surface area contributed by atoms with Crippen LogP contribution < -0.4 is 26.3 Å². The number of nitrogens with zero attached hydrogens (tertiary/aromatic N) is 1. The lowest BCUT2D eigenvalue weighted by Gasteiger charge is -2.23. The summed E-state index contributed by atoms with van der Waals surface area (Å²) in [6, 6.07) is 9.04. The third-order valence-electron chi connectivity index (χ3n) is 4.92. The maximum atomic E-state index is 12.8. The van der Waals surface area contributed by atoms with Gasteiger partial charge in [0.05, 0.1) is 22.7 Å². The van der Waals surface area contributed by atoms with Crippen LogP contribution in [0.2, 0.25) is 0 Å². The van der Waals surface area contributed by atoms with Crippen molar-refractivity contribution in [2.75, 3.05) is 34.4 Å². The molecule has 0 aromatic heterocycles. The molecule has 182 valence electrons. The summed E-state index contributed by atoms with van der Waals surface area (Å²) in [4.78, 5) is 51.0. The highest BCUT2D eigenvalue weighted by Crippen LogP contribution is 2.33. The SMILES string of the molecule is CC(=O)Nc1cccc(NC(=O)C[N+]2(CC(=O)Nc3cccc(NC(C)=O)c3O)C=C[NH+]=C2)c1O. The van der Waals surface area contributed by atoms with Crippen molar-refractivity contribution in [1.29, 1.82) is 0 Å². The number of anilines is 4. The zero-order valence-corrected chi connectivity index (χ0v) is 19.1. The van der Waals surface area contributed by atoms with Crippen molar-refractivity contribution in [2.24, 2.45) is 0 Å². The van der Waals surface area contributed by atoms with Crippen LogP contribution in [0.1, 0.15) is 13.8 Å². The summed E-state index contributed by atoms with van der Waals surface area (Å²) in [6.45, 7) is 2.20. The summed E-state index contributed by atoms with van der Waals surface area (Å²) in [6.07, 6.45) is 4.73. The first-order chi connectivity index (χ1) is 16.6. The Morgan fingerprint density at radius 2 is 1.14 bits per heavy atom. The van der Waals surface area contributed by atoms with Crippen molar-refractivity contribution in [1.82, 2.24) is 0 Å². The van der Waals surface area contributed by atoms with Crippen molar-refractivity contribution in [3.05, 3.63) is 48.8 Å². The van der Waals surface area contributed by atoms with Gasteiger partial charge in [-0.3, -0.25) is 19.2 Å². The first kappa shape index (κ1) is 24.9. The Labute approximate surface area is 200 Å². The molecular weight excluding hydrogens is 456 g/mol. The molecule has 3 rings (SSSR count). The van der Waals surface area contributed by atoms with Gasteiger partial charge in [-0.15, -0.1) is 0 Å². The molecular formula is C23H26N6O6+2. The van der Waals surface area contributed by atoms with Crippen LogP contribution in [0.3, 0.4) is 0 Å². The molecule has 12 heteroatoms. The fourth-order valence-electron chi connectivity index (χ4n) is 3.46. The van der Waals surface area contributed by atoms with Gasteiger partial charge in [0, 0.05) is 13.8 Å². The van der Waals surface area contributed by atoms with Gasteiger partial charge in [0.2, 0.25) is 18.0 Å². The van der Waals surface area contributed by atoms with Crippen molar-refractivity contribution in [2.45, 2.75) is 13.8 Å². The molecule has 2 aromatic rings. The largest absolute Gasteiger partial charge is 0.504 e. The highest BCUT2D eigenvalue weighted by Gasteiger charge is 2.36. The zero-order chi connectivity index (χ0) is 25.6. The Balaban J connectivity index is 1.70. The standard InChI is InChI=1S/C23H24N6O6/c1-14(30)25-16-5-3-7-18(22(16)34)27-20(32)11-29(10-9-24-13-29)12-21(33)28-19-8-4-6-17(23(19)35)26-15(2)31/h3-10,13H,11-12H2,1-2H3,(H5-,25,26,27,28,30,31,32,33,34,35)/p+2. The second-order valence-electron chi connectivity index (χ2n) is 7.89. The Kier molecular flexibility index (Phi) is 7.46. The molecule has 2 aromatic carbocycles. The van der Waals surface area contributed by atoms with Crippen molar-refractivity contribution in [3.63, 3.8) is 0 Å². The summed E-state index contributed by atoms with van der Waals surface area (Å²) in [5.74, 6) is -2.36. The molecule has 7 N–H and O–H groups in total. The minimum atomic E-state index is -0.506. The number of aromatic hydroxyl groups is 2. The second-order valence-corrected chi connectivity index (χ2v) is 7.89. The van der Waals surface area contributed by atoms with Crippen LogP contribution in [0.25, 0.3) is 0 Å². The molecule has 0 saturated carbocycles. The number of phenolic OH excluding ortho intramolecular Hbond substituents is 2. The van der Waals surface area contributed by atoms with E-state index in [9.17, 15) is 29.4 Å². The van der Waals surface area contributed by atoms with E-state index in [-0.39, 0.29) is 63.6 Å². The van der Waals surface area contributed by atoms with Gasteiger partial charge in [-0.2, -0.15) is 9.48 Å². The summed E-state index contributed by atoms with van der Waals surface area (Å²) < 4.78 is -0.198. The molecule has 0 spiro atoms. The third kappa shape index (κ3) is 6.42. The topological polar surface area (TPSA) is 171 Å². The number of rotatable bonds is 8. The van der Waals surface area contributed by atoms with E-state index in [1.54, 1.807) is 30.9 Å². The number of hydrogen-bond acceptors (Lipinski definition) is 6. The van der Waals surface area contributed by atoms with E-state index < -0.39 is 11.8 Å². The molecule has 0 saturated heterocycles. The van der Waals surface area contributed by atoms with E-state index in [1.807, 2.05) is 0 Å². The van der Waals surface area contributed by atoms with E-state index in [4.69, 9.17) is 0 Å². The molecule has 0 aliphatic carbocycles. The molecule has 1 heterocycles. The van der Waals surface area contributed by atoms with Gasteiger partial charge in [0.25, 0.3) is 11.8 Å². The van der Waals surface area contributed by atoms with Gasteiger partial charge >= 0.3 is 6.34 Å². The van der Waals surface area contributed by atoms with Gasteiger partial charge in [-0.25, -0.2) is 0 Å². The van der Waals surface area contributed by atoms with Gasteiger partial charge in [-0.05, 0) is 24.3 Å². The molecule has 1 aliphatic heterocycles. The van der Waals surface area contributed by atoms with Crippen LogP contribution in [0.5, 0.6) is 11.5 Å². The van der Waals surface area contributed by atoms with Crippen molar-refractivity contribution < 1.29 is 38.9 Å². The Bertz CT molecular complexity index is 1140. The highest BCUT2D eigenvalue weighted by molar-refractivity contribution is 5.99. The lowest BCUT2D eigenvalue weighted by Crippen LogP contribution is -2.64. The maximum Gasteiger partial charge on any atom is 0.336 e. The average Bonchev–Trinajstić information content (AvgIpc) is 3.20. The minimum Gasteiger partial charge on any atom is -0.504 e. The average molecular weight is 482 g/mol. The number of benzene rings is 2. The summed E-state index contributed by atoms with van der Waals surface area (Å²) in [7, 11) is 0. The molecule has 1 aliphatic rings. The molecule has 0 atom stereocenters. The number of carbonyl (C=O) groups is 4. The molecule has 0 bridgehead atoms. The predicted molar refractivity (Wildman–Crippen MR) is 128 cm³/mol. The lowest BCUT2D eigenvalue weighted by molar-refractivity contribution is -0.770. The van der Waals surface area contributed by atoms with Crippen molar-refractivity contribution in [3.8, 4) is 11.5 Å².